The molecule has 0 amide bonds. The van der Waals surface area contributed by atoms with Gasteiger partial charge in [0.1, 0.15) is 0 Å². The summed E-state index contributed by atoms with van der Waals surface area (Å²) in [7, 11) is 0. The third-order valence-electron chi connectivity index (χ3n) is 2.84. The van der Waals surface area contributed by atoms with Gasteiger partial charge in [-0.3, -0.25) is 4.68 Å². The van der Waals surface area contributed by atoms with Crippen LogP contribution in [0, 0.1) is 0 Å². The van der Waals surface area contributed by atoms with E-state index in [-0.39, 0.29) is 0 Å². The molecule has 1 aliphatic carbocycles. The Morgan fingerprint density at radius 1 is 1.53 bits per heavy atom. The van der Waals surface area contributed by atoms with Gasteiger partial charge in [-0.05, 0) is 51.6 Å². The molecular formula is C12H21N3. The summed E-state index contributed by atoms with van der Waals surface area (Å²) in [6.45, 7) is 5.47. The van der Waals surface area contributed by atoms with Crippen molar-refractivity contribution in [3.63, 3.8) is 0 Å². The lowest BCUT2D eigenvalue weighted by atomic mass is 10.2. The van der Waals surface area contributed by atoms with E-state index in [4.69, 9.17) is 0 Å². The molecule has 3 heteroatoms. The highest BCUT2D eigenvalue weighted by Crippen LogP contribution is 2.18. The van der Waals surface area contributed by atoms with Gasteiger partial charge in [0.05, 0.1) is 6.20 Å². The zero-order valence-electron chi connectivity index (χ0n) is 9.74. The maximum atomic E-state index is 4.34. The standard InChI is InChI=1S/C12H21N3/c1-10(2)15-9-11(8-14-15)4-3-7-13-12-5-6-12/h8-10,12-13H,3-7H2,1-2H3. The fourth-order valence-electron chi connectivity index (χ4n) is 1.68. The van der Waals surface area contributed by atoms with Crippen molar-refractivity contribution in [1.82, 2.24) is 15.1 Å². The quantitative estimate of drug-likeness (QED) is 0.724. The first-order valence-electron chi connectivity index (χ1n) is 6.02. The second-order valence-corrected chi connectivity index (χ2v) is 4.75. The first-order valence-corrected chi connectivity index (χ1v) is 6.02. The monoisotopic (exact) mass is 207 g/mol. The zero-order valence-corrected chi connectivity index (χ0v) is 9.74. The maximum Gasteiger partial charge on any atom is 0.0521 e. The first kappa shape index (κ1) is 10.7. The van der Waals surface area contributed by atoms with E-state index < -0.39 is 0 Å². The number of aryl methyl sites for hydroxylation is 1. The van der Waals surface area contributed by atoms with Crippen LogP contribution in [0.5, 0.6) is 0 Å². The molecule has 1 saturated carbocycles. The summed E-state index contributed by atoms with van der Waals surface area (Å²) in [4.78, 5) is 0. The largest absolute Gasteiger partial charge is 0.314 e. The van der Waals surface area contributed by atoms with E-state index in [9.17, 15) is 0 Å². The van der Waals surface area contributed by atoms with Crippen LogP contribution >= 0.6 is 0 Å². The Balaban J connectivity index is 1.67. The maximum absolute atomic E-state index is 4.34. The number of rotatable bonds is 6. The summed E-state index contributed by atoms with van der Waals surface area (Å²) in [5.41, 5.74) is 1.36. The predicted octanol–water partition coefficient (Wildman–Crippen LogP) is 2.15. The molecule has 1 fully saturated rings. The normalized spacial score (nSPS) is 16.2. The second-order valence-electron chi connectivity index (χ2n) is 4.75. The first-order chi connectivity index (χ1) is 7.25. The van der Waals surface area contributed by atoms with Gasteiger partial charge in [-0.15, -0.1) is 0 Å². The van der Waals surface area contributed by atoms with E-state index in [0.29, 0.717) is 6.04 Å². The number of aromatic nitrogens is 2. The lowest BCUT2D eigenvalue weighted by Gasteiger charge is -2.03. The van der Waals surface area contributed by atoms with Crippen molar-refractivity contribution in [2.24, 2.45) is 0 Å². The minimum atomic E-state index is 0.475. The Labute approximate surface area is 91.9 Å². The molecule has 0 spiro atoms. The van der Waals surface area contributed by atoms with E-state index >= 15 is 0 Å². The molecule has 0 aromatic carbocycles. The average Bonchev–Trinajstić information content (AvgIpc) is 2.90. The van der Waals surface area contributed by atoms with Gasteiger partial charge in [0.25, 0.3) is 0 Å². The van der Waals surface area contributed by atoms with Crippen molar-refractivity contribution in [2.75, 3.05) is 6.54 Å². The van der Waals surface area contributed by atoms with E-state index in [1.807, 2.05) is 10.9 Å². The highest BCUT2D eigenvalue weighted by molar-refractivity contribution is 5.04. The molecule has 84 valence electrons. The van der Waals surface area contributed by atoms with Crippen molar-refractivity contribution < 1.29 is 0 Å². The van der Waals surface area contributed by atoms with Gasteiger partial charge < -0.3 is 5.32 Å². The second kappa shape index (κ2) is 4.79. The lowest BCUT2D eigenvalue weighted by molar-refractivity contribution is 0.532. The molecular weight excluding hydrogens is 186 g/mol. The van der Waals surface area contributed by atoms with E-state index in [2.05, 4.69) is 30.5 Å². The minimum absolute atomic E-state index is 0.475. The molecule has 1 heterocycles. The fourth-order valence-corrected chi connectivity index (χ4v) is 1.68. The fraction of sp³-hybridized carbons (Fsp3) is 0.750. The van der Waals surface area contributed by atoms with Crippen molar-refractivity contribution in [3.8, 4) is 0 Å². The van der Waals surface area contributed by atoms with Gasteiger partial charge in [0.2, 0.25) is 0 Å². The number of hydrogen-bond acceptors (Lipinski definition) is 2. The molecule has 0 saturated heterocycles. The topological polar surface area (TPSA) is 29.9 Å². The molecule has 0 bridgehead atoms. The van der Waals surface area contributed by atoms with Gasteiger partial charge in [-0.1, -0.05) is 0 Å². The summed E-state index contributed by atoms with van der Waals surface area (Å²) < 4.78 is 2.03. The summed E-state index contributed by atoms with van der Waals surface area (Å²) >= 11 is 0. The van der Waals surface area contributed by atoms with Crippen LogP contribution in [0.2, 0.25) is 0 Å². The van der Waals surface area contributed by atoms with Crippen molar-refractivity contribution in [3.05, 3.63) is 18.0 Å². The van der Waals surface area contributed by atoms with E-state index in [0.717, 1.165) is 19.0 Å². The van der Waals surface area contributed by atoms with Crippen LogP contribution in [-0.2, 0) is 6.42 Å². The molecule has 1 aromatic heterocycles. The van der Waals surface area contributed by atoms with Gasteiger partial charge >= 0.3 is 0 Å². The van der Waals surface area contributed by atoms with Crippen LogP contribution < -0.4 is 5.32 Å². The van der Waals surface area contributed by atoms with Crippen LogP contribution in [-0.4, -0.2) is 22.4 Å². The van der Waals surface area contributed by atoms with Crippen molar-refractivity contribution >= 4 is 0 Å². The molecule has 1 aromatic rings. The minimum Gasteiger partial charge on any atom is -0.314 e. The Kier molecular flexibility index (Phi) is 3.41. The smallest absolute Gasteiger partial charge is 0.0521 e. The van der Waals surface area contributed by atoms with Gasteiger partial charge in [0, 0.05) is 18.3 Å². The third kappa shape index (κ3) is 3.34. The molecule has 1 N–H and O–H groups in total. The molecule has 3 nitrogen and oxygen atoms in total. The molecule has 0 atom stereocenters. The predicted molar refractivity (Wildman–Crippen MR) is 62.0 cm³/mol. The number of hydrogen-bond donors (Lipinski definition) is 1. The number of nitrogens with one attached hydrogen (secondary N) is 1. The van der Waals surface area contributed by atoms with Crippen LogP contribution in [0.1, 0.15) is 44.7 Å². The molecule has 1 aliphatic rings. The third-order valence-corrected chi connectivity index (χ3v) is 2.84. The van der Waals surface area contributed by atoms with E-state index in [1.54, 1.807) is 0 Å². The molecule has 2 rings (SSSR count). The Morgan fingerprint density at radius 2 is 2.33 bits per heavy atom. The molecule has 0 radical (unpaired) electrons. The molecule has 0 unspecified atom stereocenters. The highest BCUT2D eigenvalue weighted by Gasteiger charge is 2.19. The molecule has 0 aliphatic heterocycles. The Hall–Kier alpha value is -0.830. The Bertz CT molecular complexity index is 300. The van der Waals surface area contributed by atoms with Crippen molar-refractivity contribution in [2.45, 2.75) is 51.6 Å². The van der Waals surface area contributed by atoms with Crippen LogP contribution in [0.4, 0.5) is 0 Å². The lowest BCUT2D eigenvalue weighted by Crippen LogP contribution is -2.17. The molecule has 15 heavy (non-hydrogen) atoms. The zero-order chi connectivity index (χ0) is 10.7. The van der Waals surface area contributed by atoms with Gasteiger partial charge in [-0.25, -0.2) is 0 Å². The summed E-state index contributed by atoms with van der Waals surface area (Å²) in [6.07, 6.45) is 9.29. The van der Waals surface area contributed by atoms with E-state index in [1.165, 1.54) is 24.8 Å². The summed E-state index contributed by atoms with van der Waals surface area (Å²) in [6, 6.07) is 1.31. The van der Waals surface area contributed by atoms with Crippen LogP contribution in [0.25, 0.3) is 0 Å². The highest BCUT2D eigenvalue weighted by atomic mass is 15.3. The van der Waals surface area contributed by atoms with Crippen LogP contribution in [0.15, 0.2) is 12.4 Å². The average molecular weight is 207 g/mol. The summed E-state index contributed by atoms with van der Waals surface area (Å²) in [5.74, 6) is 0. The van der Waals surface area contributed by atoms with Gasteiger partial charge in [0.15, 0.2) is 0 Å². The summed E-state index contributed by atoms with van der Waals surface area (Å²) in [5, 5.41) is 7.87. The SMILES string of the molecule is CC(C)n1cc(CCCNC2CC2)cn1. The van der Waals surface area contributed by atoms with Crippen LogP contribution in [0.3, 0.4) is 0 Å². The Morgan fingerprint density at radius 3 is 2.93 bits per heavy atom. The number of nitrogens with zero attached hydrogens (tertiary/aromatic N) is 2. The van der Waals surface area contributed by atoms with Crippen molar-refractivity contribution in [1.29, 1.82) is 0 Å². The van der Waals surface area contributed by atoms with Gasteiger partial charge in [-0.2, -0.15) is 5.10 Å².